The van der Waals surface area contributed by atoms with Crippen LogP contribution in [0.25, 0.3) is 0 Å². The number of esters is 1. The highest BCUT2D eigenvalue weighted by Gasteiger charge is 2.73. The smallest absolute Gasteiger partial charge is 0.302 e. The van der Waals surface area contributed by atoms with Gasteiger partial charge in [-0.25, -0.2) is 0 Å². The highest BCUT2D eigenvalue weighted by molar-refractivity contribution is 6.32. The first kappa shape index (κ1) is 24.7. The number of aromatic hydroxyl groups is 1. The summed E-state index contributed by atoms with van der Waals surface area (Å²) in [6.45, 7) is 2.75. The number of benzene rings is 1. The number of Topliss-reactive ketones (excluding diaryl/α,β-unsaturated/α-hetero) is 4. The first-order chi connectivity index (χ1) is 16.3. The summed E-state index contributed by atoms with van der Waals surface area (Å²) in [5.74, 6) is -14.1. The highest BCUT2D eigenvalue weighted by atomic mass is 16.5. The zero-order chi connectivity index (χ0) is 26.1. The minimum absolute atomic E-state index is 0.131. The van der Waals surface area contributed by atoms with Gasteiger partial charge in [0.25, 0.3) is 0 Å². The molecule has 1 amide bonds. The number of hydrogen-bond donors (Lipinski definition) is 3. The lowest BCUT2D eigenvalue weighted by atomic mass is 9.49. The Kier molecular flexibility index (Phi) is 5.68. The number of hydrogen-bond acceptors (Lipinski definition) is 10. The van der Waals surface area contributed by atoms with Crippen LogP contribution < -0.4 is 5.73 Å². The predicted octanol–water partition coefficient (Wildman–Crippen LogP) is -1.03. The number of primary amides is 1. The summed E-state index contributed by atoms with van der Waals surface area (Å²) in [7, 11) is 2.89. The molecule has 11 nitrogen and oxygen atoms in total. The molecule has 1 aromatic carbocycles. The molecule has 2 saturated carbocycles. The predicted molar refractivity (Wildman–Crippen MR) is 117 cm³/mol. The van der Waals surface area contributed by atoms with Crippen LogP contribution in [0.15, 0.2) is 18.2 Å². The second kappa shape index (κ2) is 8.06. The third-order valence-corrected chi connectivity index (χ3v) is 7.63. The molecule has 8 unspecified atom stereocenters. The molecule has 0 spiro atoms. The number of ketones is 4. The number of ether oxygens (including phenoxy) is 1. The SMILES string of the molecule is CC(=O)OC1C2C(C(=O)c3c(O)cccc3C2C)C(=O)C2(O)C(=O)C(C(N)=O)C(=O)C(N(C)C)C12. The van der Waals surface area contributed by atoms with Crippen molar-refractivity contribution in [2.45, 2.75) is 37.5 Å². The maximum atomic E-state index is 13.9. The Balaban J connectivity index is 2.03. The summed E-state index contributed by atoms with van der Waals surface area (Å²) in [4.78, 5) is 79.7. The lowest BCUT2D eigenvalue weighted by molar-refractivity contribution is -0.205. The fraction of sp³-hybridized carbons (Fsp3) is 0.500. The van der Waals surface area contributed by atoms with Crippen molar-refractivity contribution in [2.75, 3.05) is 14.1 Å². The van der Waals surface area contributed by atoms with Gasteiger partial charge in [-0.1, -0.05) is 19.1 Å². The Morgan fingerprint density at radius 3 is 2.29 bits per heavy atom. The maximum Gasteiger partial charge on any atom is 0.302 e. The van der Waals surface area contributed by atoms with Gasteiger partial charge in [-0.2, -0.15) is 0 Å². The number of nitrogens with two attached hydrogens (primary N) is 1. The second-order valence-electron chi connectivity index (χ2n) is 9.69. The van der Waals surface area contributed by atoms with E-state index in [1.54, 1.807) is 13.0 Å². The molecule has 1 aromatic rings. The summed E-state index contributed by atoms with van der Waals surface area (Å²) >= 11 is 0. The number of phenolic OH excluding ortho intramolecular Hbond substituents is 1. The van der Waals surface area contributed by atoms with Crippen LogP contribution in [0.4, 0.5) is 0 Å². The van der Waals surface area contributed by atoms with Crippen molar-refractivity contribution in [2.24, 2.45) is 29.4 Å². The normalized spacial score (nSPS) is 36.3. The summed E-state index contributed by atoms with van der Waals surface area (Å²) < 4.78 is 5.57. The van der Waals surface area contributed by atoms with Gasteiger partial charge in [0, 0.05) is 12.8 Å². The molecule has 0 bridgehead atoms. The van der Waals surface area contributed by atoms with E-state index in [9.17, 15) is 39.0 Å². The number of rotatable bonds is 3. The average molecular weight is 486 g/mol. The van der Waals surface area contributed by atoms with E-state index >= 15 is 0 Å². The maximum absolute atomic E-state index is 13.9. The summed E-state index contributed by atoms with van der Waals surface area (Å²) in [6.07, 6.45) is -1.43. The van der Waals surface area contributed by atoms with Crippen molar-refractivity contribution < 1.29 is 43.7 Å². The van der Waals surface area contributed by atoms with Crippen LogP contribution in [0.5, 0.6) is 5.75 Å². The Labute approximate surface area is 200 Å². The van der Waals surface area contributed by atoms with Crippen molar-refractivity contribution in [1.29, 1.82) is 0 Å². The van der Waals surface area contributed by atoms with Gasteiger partial charge in [-0.15, -0.1) is 0 Å². The first-order valence-electron chi connectivity index (χ1n) is 11.1. The number of phenols is 1. The quantitative estimate of drug-likeness (QED) is 0.353. The molecule has 186 valence electrons. The van der Waals surface area contributed by atoms with Crippen LogP contribution in [-0.4, -0.2) is 82.0 Å². The first-order valence-corrected chi connectivity index (χ1v) is 11.1. The van der Waals surface area contributed by atoms with E-state index in [0.29, 0.717) is 5.56 Å². The second-order valence-corrected chi connectivity index (χ2v) is 9.69. The van der Waals surface area contributed by atoms with Gasteiger partial charge in [-0.3, -0.25) is 33.7 Å². The average Bonchev–Trinajstić information content (AvgIpc) is 2.75. The van der Waals surface area contributed by atoms with Crippen LogP contribution in [0.3, 0.4) is 0 Å². The van der Waals surface area contributed by atoms with Crippen molar-refractivity contribution in [1.82, 2.24) is 4.90 Å². The zero-order valence-electron chi connectivity index (χ0n) is 19.6. The summed E-state index contributed by atoms with van der Waals surface area (Å²) in [5, 5.41) is 22.1. The van der Waals surface area contributed by atoms with Crippen LogP contribution in [0.1, 0.15) is 35.7 Å². The van der Waals surface area contributed by atoms with E-state index < -0.39 is 82.3 Å². The van der Waals surface area contributed by atoms with Crippen LogP contribution in [-0.2, 0) is 28.7 Å². The fourth-order valence-electron chi connectivity index (χ4n) is 6.26. The van der Waals surface area contributed by atoms with E-state index in [0.717, 1.165) is 6.92 Å². The molecule has 0 radical (unpaired) electrons. The lowest BCUT2D eigenvalue weighted by Crippen LogP contribution is -2.78. The number of aliphatic hydroxyl groups is 1. The zero-order valence-corrected chi connectivity index (χ0v) is 19.6. The third kappa shape index (κ3) is 3.18. The molecular formula is C24H26N2O9. The van der Waals surface area contributed by atoms with Crippen LogP contribution in [0, 0.1) is 23.7 Å². The molecule has 0 heterocycles. The van der Waals surface area contributed by atoms with Gasteiger partial charge in [-0.05, 0) is 31.6 Å². The Hall–Kier alpha value is -3.44. The van der Waals surface area contributed by atoms with E-state index in [4.69, 9.17) is 10.5 Å². The van der Waals surface area contributed by atoms with Gasteiger partial charge >= 0.3 is 5.97 Å². The van der Waals surface area contributed by atoms with Gasteiger partial charge in [0.05, 0.1) is 23.4 Å². The van der Waals surface area contributed by atoms with Crippen molar-refractivity contribution in [3.63, 3.8) is 0 Å². The monoisotopic (exact) mass is 486 g/mol. The van der Waals surface area contributed by atoms with Gasteiger partial charge in [0.2, 0.25) is 5.91 Å². The molecule has 8 atom stereocenters. The Bertz CT molecular complexity index is 1190. The topological polar surface area (TPSA) is 181 Å². The van der Waals surface area contributed by atoms with Crippen molar-refractivity contribution in [3.05, 3.63) is 29.3 Å². The molecule has 4 rings (SSSR count). The molecule has 3 aliphatic carbocycles. The van der Waals surface area contributed by atoms with Gasteiger partial charge in [0.1, 0.15) is 11.9 Å². The van der Waals surface area contributed by atoms with Crippen molar-refractivity contribution in [3.8, 4) is 5.75 Å². The van der Waals surface area contributed by atoms with Gasteiger partial charge in [0.15, 0.2) is 34.7 Å². The molecule has 0 aromatic heterocycles. The number of fused-ring (bicyclic) bond motifs is 3. The molecule has 0 saturated heterocycles. The van der Waals surface area contributed by atoms with Crippen LogP contribution >= 0.6 is 0 Å². The molecule has 3 aliphatic rings. The number of carbonyl (C=O) groups is 6. The molecule has 2 fully saturated rings. The van der Waals surface area contributed by atoms with Crippen molar-refractivity contribution >= 4 is 35.0 Å². The van der Waals surface area contributed by atoms with E-state index in [1.165, 1.54) is 31.1 Å². The lowest BCUT2D eigenvalue weighted by Gasteiger charge is -2.56. The summed E-state index contributed by atoms with van der Waals surface area (Å²) in [6, 6.07) is 2.98. The summed E-state index contributed by atoms with van der Waals surface area (Å²) in [5.41, 5.74) is 2.56. The van der Waals surface area contributed by atoms with Gasteiger partial charge < -0.3 is 20.7 Å². The molecular weight excluding hydrogens is 460 g/mol. The molecule has 35 heavy (non-hydrogen) atoms. The fourth-order valence-corrected chi connectivity index (χ4v) is 6.26. The highest BCUT2D eigenvalue weighted by Crippen LogP contribution is 2.55. The van der Waals surface area contributed by atoms with Crippen LogP contribution in [0.2, 0.25) is 0 Å². The minimum atomic E-state index is -3.01. The Morgan fingerprint density at radius 1 is 1.11 bits per heavy atom. The number of amides is 1. The van der Waals surface area contributed by atoms with E-state index in [1.807, 2.05) is 0 Å². The third-order valence-electron chi connectivity index (χ3n) is 7.63. The standard InChI is InChI=1S/C24H26N2O9/c1-8-10-6-5-7-11(28)13(10)18(29)14-12(8)20(35-9(2)27)16-17(26(3)4)19(30)15(23(25)33)22(32)24(16,34)21(14)31/h5-8,12,14-17,20,28,34H,1-4H3,(H2,25,33). The largest absolute Gasteiger partial charge is 0.507 e. The number of nitrogens with zero attached hydrogens (tertiary/aromatic N) is 1. The minimum Gasteiger partial charge on any atom is -0.507 e. The number of likely N-dealkylation sites (N-methyl/N-ethyl adjacent to an activating group) is 1. The van der Waals surface area contributed by atoms with E-state index in [2.05, 4.69) is 0 Å². The Morgan fingerprint density at radius 2 is 1.74 bits per heavy atom. The number of carbonyl (C=O) groups excluding carboxylic acids is 6. The molecule has 4 N–H and O–H groups in total. The van der Waals surface area contributed by atoms with E-state index in [-0.39, 0.29) is 11.3 Å². The molecule has 0 aliphatic heterocycles. The molecule has 11 heteroatoms.